The first-order chi connectivity index (χ1) is 26.7. The fraction of sp³-hybridized carbons (Fsp3) is 0.579. The zero-order valence-corrected chi connectivity index (χ0v) is 32.7. The Balaban J connectivity index is 1.22. The van der Waals surface area contributed by atoms with Crippen molar-refractivity contribution in [3.8, 4) is 23.2 Å². The molecule has 4 amide bonds. The summed E-state index contributed by atoms with van der Waals surface area (Å²) in [5, 5.41) is 6.26. The molecule has 7 rings (SSSR count). The van der Waals surface area contributed by atoms with E-state index < -0.39 is 68.4 Å². The number of nitrogens with one attached hydrogen (secondary N) is 3. The van der Waals surface area contributed by atoms with Gasteiger partial charge in [0, 0.05) is 31.4 Å². The summed E-state index contributed by atoms with van der Waals surface area (Å²) in [6.07, 6.45) is 4.39. The number of carbonyl (C=O) groups excluding carboxylic acids is 4. The molecule has 56 heavy (non-hydrogen) atoms. The van der Waals surface area contributed by atoms with Crippen molar-refractivity contribution in [2.24, 2.45) is 5.92 Å². The van der Waals surface area contributed by atoms with Gasteiger partial charge in [0.15, 0.2) is 0 Å². The van der Waals surface area contributed by atoms with Gasteiger partial charge >= 0.3 is 6.09 Å². The summed E-state index contributed by atoms with van der Waals surface area (Å²) in [6.45, 7) is 5.52. The SMILES string of the molecule is COc1ccc2c(O[C@@H]3C[C@H]4C(=O)N[C@]5(C(=O)NS(=O)(=O)C6CC6)C[C@H]5CCCCOCC[C@H](NC(=O)OC(C)(C)C)C(=O)N4C3)nc(-c3ncco3)cc2c1. The van der Waals surface area contributed by atoms with E-state index in [0.29, 0.717) is 60.9 Å². The van der Waals surface area contributed by atoms with Gasteiger partial charge in [0.25, 0.3) is 5.91 Å². The first-order valence-corrected chi connectivity index (χ1v) is 20.5. The Morgan fingerprint density at radius 2 is 1.88 bits per heavy atom. The number of rotatable bonds is 8. The fourth-order valence-corrected chi connectivity index (χ4v) is 8.73. The number of methoxy groups -OCH3 is 1. The summed E-state index contributed by atoms with van der Waals surface area (Å²) in [5.74, 6) is -1.31. The lowest BCUT2D eigenvalue weighted by Gasteiger charge is -2.30. The van der Waals surface area contributed by atoms with Crippen molar-refractivity contribution in [2.75, 3.05) is 26.9 Å². The molecule has 2 saturated carbocycles. The molecule has 302 valence electrons. The average molecular weight is 797 g/mol. The number of amides is 4. The number of nitrogens with zero attached hydrogens (tertiary/aromatic N) is 3. The number of sulfonamides is 1. The number of carbonyl (C=O) groups is 4. The van der Waals surface area contributed by atoms with Gasteiger partial charge in [0.1, 0.15) is 47.0 Å². The number of hydrogen-bond acceptors (Lipinski definition) is 13. The van der Waals surface area contributed by atoms with E-state index in [4.69, 9.17) is 28.3 Å². The number of ether oxygens (including phenoxy) is 4. The van der Waals surface area contributed by atoms with Gasteiger partial charge in [0.2, 0.25) is 33.6 Å². The van der Waals surface area contributed by atoms with Crippen molar-refractivity contribution in [2.45, 2.75) is 107 Å². The molecule has 2 aromatic heterocycles. The lowest BCUT2D eigenvalue weighted by Crippen LogP contribution is -2.58. The quantitative estimate of drug-likeness (QED) is 0.299. The molecule has 3 aromatic rings. The second-order valence-electron chi connectivity index (χ2n) is 15.9. The minimum Gasteiger partial charge on any atom is -0.497 e. The van der Waals surface area contributed by atoms with Crippen molar-refractivity contribution < 1.29 is 51.0 Å². The Labute approximate surface area is 324 Å². The van der Waals surface area contributed by atoms with Crippen LogP contribution in [0.15, 0.2) is 41.1 Å². The van der Waals surface area contributed by atoms with Crippen LogP contribution in [0.4, 0.5) is 4.79 Å². The number of hydrogen-bond donors (Lipinski definition) is 3. The largest absolute Gasteiger partial charge is 0.497 e. The molecule has 17 nitrogen and oxygen atoms in total. The van der Waals surface area contributed by atoms with Crippen LogP contribution >= 0.6 is 0 Å². The molecule has 0 radical (unpaired) electrons. The molecule has 0 unspecified atom stereocenters. The molecular weight excluding hydrogens is 749 g/mol. The smallest absolute Gasteiger partial charge is 0.408 e. The van der Waals surface area contributed by atoms with E-state index in [9.17, 15) is 27.6 Å². The van der Waals surface area contributed by atoms with Crippen LogP contribution in [0.25, 0.3) is 22.4 Å². The van der Waals surface area contributed by atoms with Crippen LogP contribution in [-0.2, 0) is 33.9 Å². The molecule has 3 N–H and O–H groups in total. The fourth-order valence-electron chi connectivity index (χ4n) is 7.37. The third-order valence-corrected chi connectivity index (χ3v) is 12.3. The van der Waals surface area contributed by atoms with Crippen molar-refractivity contribution in [1.82, 2.24) is 30.2 Å². The monoisotopic (exact) mass is 796 g/mol. The highest BCUT2D eigenvalue weighted by atomic mass is 32.2. The average Bonchev–Trinajstić information content (AvgIpc) is 4.00. The Bertz CT molecular complexity index is 2080. The van der Waals surface area contributed by atoms with Gasteiger partial charge in [-0.2, -0.15) is 0 Å². The van der Waals surface area contributed by atoms with Crippen LogP contribution in [0.1, 0.15) is 72.1 Å². The van der Waals surface area contributed by atoms with Crippen LogP contribution < -0.4 is 24.8 Å². The Hall–Kier alpha value is -4.97. The van der Waals surface area contributed by atoms with Crippen LogP contribution in [-0.4, -0.2) is 109 Å². The normalized spacial score (nSPS) is 26.2. The van der Waals surface area contributed by atoms with Crippen molar-refractivity contribution in [3.05, 3.63) is 36.7 Å². The Morgan fingerprint density at radius 3 is 2.59 bits per heavy atom. The summed E-state index contributed by atoms with van der Waals surface area (Å²) in [4.78, 5) is 66.1. The minimum atomic E-state index is -3.91. The van der Waals surface area contributed by atoms with Gasteiger partial charge in [0.05, 0.1) is 25.1 Å². The molecule has 2 aliphatic heterocycles. The maximum Gasteiger partial charge on any atom is 0.408 e. The molecule has 2 aliphatic carbocycles. The minimum absolute atomic E-state index is 0.0154. The zero-order valence-electron chi connectivity index (χ0n) is 31.9. The number of fused-ring (bicyclic) bond motifs is 3. The predicted molar refractivity (Wildman–Crippen MR) is 200 cm³/mol. The van der Waals surface area contributed by atoms with E-state index >= 15 is 0 Å². The van der Waals surface area contributed by atoms with Gasteiger partial charge in [-0.1, -0.05) is 6.42 Å². The Morgan fingerprint density at radius 1 is 1.07 bits per heavy atom. The number of alkyl carbamates (subject to hydrolysis) is 1. The molecule has 2 saturated heterocycles. The van der Waals surface area contributed by atoms with E-state index in [1.807, 2.05) is 0 Å². The van der Waals surface area contributed by atoms with Crippen LogP contribution in [0.2, 0.25) is 0 Å². The van der Waals surface area contributed by atoms with Crippen LogP contribution in [0.5, 0.6) is 11.6 Å². The molecule has 4 heterocycles. The number of pyridine rings is 1. The van der Waals surface area contributed by atoms with Crippen molar-refractivity contribution in [3.63, 3.8) is 0 Å². The van der Waals surface area contributed by atoms with E-state index in [0.717, 1.165) is 0 Å². The molecular formula is C38H48N6O11S. The third-order valence-electron chi connectivity index (χ3n) is 10.5. The molecule has 4 fully saturated rings. The summed E-state index contributed by atoms with van der Waals surface area (Å²) < 4.78 is 56.8. The number of aromatic nitrogens is 2. The predicted octanol–water partition coefficient (Wildman–Crippen LogP) is 3.21. The summed E-state index contributed by atoms with van der Waals surface area (Å²) in [5.41, 5.74) is -1.95. The van der Waals surface area contributed by atoms with E-state index in [2.05, 4.69) is 20.3 Å². The summed E-state index contributed by atoms with van der Waals surface area (Å²) in [6, 6.07) is 4.81. The highest BCUT2D eigenvalue weighted by Gasteiger charge is 2.62. The molecule has 0 spiro atoms. The maximum absolute atomic E-state index is 14.5. The van der Waals surface area contributed by atoms with Gasteiger partial charge in [-0.25, -0.2) is 23.2 Å². The molecule has 1 aromatic carbocycles. The highest BCUT2D eigenvalue weighted by Crippen LogP contribution is 2.48. The van der Waals surface area contributed by atoms with Crippen LogP contribution in [0.3, 0.4) is 0 Å². The second kappa shape index (κ2) is 15.5. The molecule has 0 bridgehead atoms. The van der Waals surface area contributed by atoms with Crippen LogP contribution in [0, 0.1) is 5.92 Å². The van der Waals surface area contributed by atoms with Gasteiger partial charge in [-0.05, 0) is 88.4 Å². The highest BCUT2D eigenvalue weighted by molar-refractivity contribution is 7.91. The van der Waals surface area contributed by atoms with Crippen molar-refractivity contribution in [1.29, 1.82) is 0 Å². The lowest BCUT2D eigenvalue weighted by molar-refractivity contribution is -0.141. The molecule has 5 atom stereocenters. The lowest BCUT2D eigenvalue weighted by atomic mass is 10.1. The van der Waals surface area contributed by atoms with Gasteiger partial charge < -0.3 is 38.9 Å². The standard InChI is InChI=1S/C38H48N6O11S/c1-37(2,3)55-36(48)41-28-12-15-52-14-6-5-7-23-20-38(23,35(47)43-56(49,50)26-9-10-26)42-31(45)30-19-25(21-44(30)34(28)46)54-32-27-11-8-24(51-4)17-22(27)18-29(40-32)33-39-13-16-53-33/h8,11,13,16-18,23,25-26,28,30H,5-7,9-10,12,14-15,19-21H2,1-4H3,(H,41,48)(H,42,45)(H,43,47)/t23-,25-,28+,30+,38-/m1/s1. The molecule has 18 heteroatoms. The number of oxazole rings is 1. The van der Waals surface area contributed by atoms with Gasteiger partial charge in [-0.15, -0.1) is 0 Å². The van der Waals surface area contributed by atoms with Crippen molar-refractivity contribution >= 4 is 44.6 Å². The topological polar surface area (TPSA) is 218 Å². The maximum atomic E-state index is 14.5. The Kier molecular flexibility index (Phi) is 10.9. The summed E-state index contributed by atoms with van der Waals surface area (Å²) >= 11 is 0. The zero-order chi connectivity index (χ0) is 39.8. The summed E-state index contributed by atoms with van der Waals surface area (Å²) in [7, 11) is -2.36. The molecule has 4 aliphatic rings. The van der Waals surface area contributed by atoms with E-state index in [-0.39, 0.29) is 50.1 Å². The third kappa shape index (κ3) is 8.70. The van der Waals surface area contributed by atoms with E-state index in [1.54, 1.807) is 52.1 Å². The first-order valence-electron chi connectivity index (χ1n) is 19.0. The van der Waals surface area contributed by atoms with E-state index in [1.165, 1.54) is 17.4 Å². The van der Waals surface area contributed by atoms with Gasteiger partial charge in [-0.3, -0.25) is 19.1 Å². The number of benzene rings is 1. The first kappa shape index (κ1) is 39.3. The second-order valence-corrected chi connectivity index (χ2v) is 17.8.